The third-order valence-corrected chi connectivity index (χ3v) is 19.0. The van der Waals surface area contributed by atoms with Crippen LogP contribution in [0.3, 0.4) is 0 Å². The second-order valence-corrected chi connectivity index (χ2v) is 24.1. The van der Waals surface area contributed by atoms with Crippen LogP contribution in [0, 0.1) is 46.3 Å². The van der Waals surface area contributed by atoms with Crippen LogP contribution in [-0.2, 0) is 52.2 Å². The lowest BCUT2D eigenvalue weighted by Crippen LogP contribution is -2.66. The molecule has 7 fully saturated rings. The van der Waals surface area contributed by atoms with Crippen molar-refractivity contribution in [2.45, 2.75) is 248 Å². The Balaban J connectivity index is 1.04. The number of ketones is 1. The Hall–Kier alpha value is -1.92. The van der Waals surface area contributed by atoms with Gasteiger partial charge < -0.3 is 104 Å². The molecule has 0 aromatic heterocycles. The summed E-state index contributed by atoms with van der Waals surface area (Å²) in [5.41, 5.74) is -0.445. The zero-order valence-corrected chi connectivity index (χ0v) is 44.7. The van der Waals surface area contributed by atoms with Crippen LogP contribution in [0.5, 0.6) is 0 Å². The lowest BCUT2D eigenvalue weighted by atomic mass is 9.46. The van der Waals surface area contributed by atoms with E-state index in [0.717, 1.165) is 12.0 Å². The maximum atomic E-state index is 15.2. The first-order valence-corrected chi connectivity index (χ1v) is 27.4. The number of esters is 1. The third kappa shape index (κ3) is 11.4. The van der Waals surface area contributed by atoms with Gasteiger partial charge in [0, 0.05) is 24.7 Å². The van der Waals surface area contributed by atoms with Crippen LogP contribution in [0.25, 0.3) is 0 Å². The number of allylic oxidation sites excluding steroid dienone is 1. The molecule has 436 valence electrons. The summed E-state index contributed by atoms with van der Waals surface area (Å²) >= 11 is 0. The van der Waals surface area contributed by atoms with Gasteiger partial charge in [0.15, 0.2) is 25.2 Å². The van der Waals surface area contributed by atoms with E-state index in [0.29, 0.717) is 44.4 Å². The van der Waals surface area contributed by atoms with Crippen molar-refractivity contribution < 1.29 is 113 Å². The number of hydrogen-bond donors (Lipinski definition) is 12. The molecule has 4 aliphatic carbocycles. The van der Waals surface area contributed by atoms with Crippen molar-refractivity contribution in [3.05, 3.63) is 11.6 Å². The quantitative estimate of drug-likeness (QED) is 0.0614. The highest BCUT2D eigenvalue weighted by Crippen LogP contribution is 2.67. The molecular formula is C53H86O23. The Bertz CT molecular complexity index is 2010. The highest BCUT2D eigenvalue weighted by atomic mass is 16.8. The molecule has 23 nitrogen and oxygen atoms in total. The van der Waals surface area contributed by atoms with Crippen molar-refractivity contribution in [2.75, 3.05) is 13.2 Å². The van der Waals surface area contributed by atoms with Crippen LogP contribution in [0.2, 0.25) is 0 Å². The minimum Gasteiger partial charge on any atom is -0.463 e. The van der Waals surface area contributed by atoms with E-state index in [9.17, 15) is 66.1 Å². The molecule has 76 heavy (non-hydrogen) atoms. The maximum absolute atomic E-state index is 15.2. The van der Waals surface area contributed by atoms with Gasteiger partial charge in [0.05, 0.1) is 37.1 Å². The average Bonchev–Trinajstić information content (AvgIpc) is 3.70. The molecule has 8 unspecified atom stereocenters. The summed E-state index contributed by atoms with van der Waals surface area (Å²) in [7, 11) is 0. The predicted octanol–water partition coefficient (Wildman–Crippen LogP) is -1.57. The van der Waals surface area contributed by atoms with Crippen LogP contribution < -0.4 is 0 Å². The van der Waals surface area contributed by atoms with Crippen molar-refractivity contribution in [2.24, 2.45) is 46.3 Å². The molecule has 4 heterocycles. The van der Waals surface area contributed by atoms with E-state index < -0.39 is 183 Å². The largest absolute Gasteiger partial charge is 0.463 e. The molecular weight excluding hydrogens is 1000 g/mol. The number of fused-ring (bicyclic) bond motifs is 5. The van der Waals surface area contributed by atoms with Gasteiger partial charge in [-0.3, -0.25) is 9.59 Å². The number of ether oxygens (including phenoxy) is 9. The molecule has 0 radical (unpaired) electrons. The van der Waals surface area contributed by atoms with Crippen LogP contribution in [0.4, 0.5) is 0 Å². The van der Waals surface area contributed by atoms with E-state index >= 15 is 4.79 Å². The van der Waals surface area contributed by atoms with Crippen molar-refractivity contribution in [1.29, 1.82) is 0 Å². The van der Waals surface area contributed by atoms with Crippen molar-refractivity contribution in [3.63, 3.8) is 0 Å². The van der Waals surface area contributed by atoms with E-state index in [-0.39, 0.29) is 30.0 Å². The number of carbonyl (C=O) groups excluding carboxylic acids is 2. The lowest BCUT2D eigenvalue weighted by Gasteiger charge is -2.58. The minimum atomic E-state index is -1.80. The second kappa shape index (κ2) is 23.9. The number of aliphatic hydroxyl groups excluding tert-OH is 12. The highest BCUT2D eigenvalue weighted by molar-refractivity contribution is 5.87. The van der Waals surface area contributed by atoms with Gasteiger partial charge in [-0.1, -0.05) is 46.3 Å². The fraction of sp³-hybridized carbons (Fsp3) is 0.925. The fourth-order valence-electron chi connectivity index (χ4n) is 14.3. The van der Waals surface area contributed by atoms with Crippen LogP contribution >= 0.6 is 0 Å². The zero-order chi connectivity index (χ0) is 55.6. The van der Waals surface area contributed by atoms with E-state index in [4.69, 9.17) is 42.6 Å². The highest BCUT2D eigenvalue weighted by Gasteiger charge is 2.67. The Kier molecular flexibility index (Phi) is 18.9. The SMILES string of the molecule is CC(=O)OCC1O[C@@H](O[C@H]2C[C@H]3[C@@H]4CC=C5C[C@@H](O[C@@H]6OC(CO)[C@@H](O[C@@H]7OC(C)[C@H](O)C(O)[C@H]7O)[C@H](O)C6O[C@@H]6OC(C)[C@H](O)C(O)[C@@H]6O)CC[C@]5(C)[C@H]4CC(=O)[C@]3(C)[C@H]2[C@H](C)[C@@H](O)CCC(C)C)C(O)[C@@H](O)[C@@H]1O. The van der Waals surface area contributed by atoms with Gasteiger partial charge in [0.1, 0.15) is 97.8 Å². The monoisotopic (exact) mass is 1090 g/mol. The smallest absolute Gasteiger partial charge is 0.302 e. The van der Waals surface area contributed by atoms with Crippen LogP contribution in [0.15, 0.2) is 11.6 Å². The van der Waals surface area contributed by atoms with Crippen molar-refractivity contribution >= 4 is 11.8 Å². The van der Waals surface area contributed by atoms with Crippen molar-refractivity contribution in [1.82, 2.24) is 0 Å². The summed E-state index contributed by atoms with van der Waals surface area (Å²) < 4.78 is 54.3. The Morgan fingerprint density at radius 3 is 1.83 bits per heavy atom. The molecule has 0 bridgehead atoms. The zero-order valence-electron chi connectivity index (χ0n) is 44.7. The first-order valence-electron chi connectivity index (χ1n) is 27.4. The first kappa shape index (κ1) is 60.2. The molecule has 4 saturated heterocycles. The molecule has 8 aliphatic rings. The Morgan fingerprint density at radius 2 is 1.25 bits per heavy atom. The van der Waals surface area contributed by atoms with Gasteiger partial charge in [-0.2, -0.15) is 0 Å². The summed E-state index contributed by atoms with van der Waals surface area (Å²) in [6.45, 7) is 13.1. The summed E-state index contributed by atoms with van der Waals surface area (Å²) in [4.78, 5) is 26.9. The summed E-state index contributed by atoms with van der Waals surface area (Å²) in [6, 6.07) is 0. The summed E-state index contributed by atoms with van der Waals surface area (Å²) in [5.74, 6) is -1.70. The first-order chi connectivity index (χ1) is 35.7. The number of hydrogen-bond acceptors (Lipinski definition) is 23. The van der Waals surface area contributed by atoms with Crippen molar-refractivity contribution in [3.8, 4) is 0 Å². The summed E-state index contributed by atoms with van der Waals surface area (Å²) in [6.07, 6.45) is -26.8. The topological polar surface area (TPSA) is 360 Å². The van der Waals surface area contributed by atoms with E-state index in [1.165, 1.54) is 20.8 Å². The molecule has 8 rings (SSSR count). The molecule has 12 N–H and O–H groups in total. The Morgan fingerprint density at radius 1 is 0.684 bits per heavy atom. The van der Waals surface area contributed by atoms with Gasteiger partial charge in [-0.15, -0.1) is 0 Å². The molecule has 0 aromatic carbocycles. The minimum absolute atomic E-state index is 0.0219. The standard InChI is InChI=1S/C53H86O23/c1-20(2)9-12-30(56)21(3)35-31(72-50-44(66)41(63)38(60)33(74-50)19-68-24(6)55)16-29-27-11-10-25-15-26(13-14-52(25,7)28(27)17-34(57)53(29,35)8)71-51-47(76-49-43(65)40(62)37(59)23(5)70-49)45(67)46(32(18-54)73-51)75-48-42(64)39(61)36(58)22(4)69-48/h10,20-23,26-33,35-51,54,56,58-67H,9,11-19H2,1-8H3/t21-,22?,23?,26+,27-,28+,29+,30+,31+,32?,33?,35+,36+,37+,38-,39?,40?,41+,42-,43+,44?,45+,46-,47?,48+,49+,50-,51-,52+,53-/m1/s1. The number of Topliss-reactive ketones (excluding diaryl/α,β-unsaturated/α-hetero) is 1. The second-order valence-electron chi connectivity index (χ2n) is 24.1. The number of aliphatic hydroxyl groups is 12. The normalized spacial score (nSPS) is 50.5. The van der Waals surface area contributed by atoms with E-state index in [1.807, 2.05) is 13.8 Å². The van der Waals surface area contributed by atoms with Gasteiger partial charge in [-0.05, 0) is 93.8 Å². The van der Waals surface area contributed by atoms with Gasteiger partial charge in [-0.25, -0.2) is 0 Å². The molecule has 0 amide bonds. The maximum Gasteiger partial charge on any atom is 0.302 e. The molecule has 4 aliphatic heterocycles. The molecule has 23 heteroatoms. The average molecular weight is 1090 g/mol. The molecule has 30 atom stereocenters. The predicted molar refractivity (Wildman–Crippen MR) is 259 cm³/mol. The lowest BCUT2D eigenvalue weighted by molar-refractivity contribution is -0.388. The summed E-state index contributed by atoms with van der Waals surface area (Å²) in [5, 5.41) is 131. The van der Waals surface area contributed by atoms with Gasteiger partial charge >= 0.3 is 5.97 Å². The molecule has 0 aromatic rings. The van der Waals surface area contributed by atoms with E-state index in [2.05, 4.69) is 26.8 Å². The van der Waals surface area contributed by atoms with Gasteiger partial charge in [0.2, 0.25) is 0 Å². The molecule has 0 spiro atoms. The number of rotatable bonds is 16. The van der Waals surface area contributed by atoms with Crippen LogP contribution in [0.1, 0.15) is 107 Å². The van der Waals surface area contributed by atoms with E-state index in [1.54, 1.807) is 0 Å². The number of carbonyl (C=O) groups is 2. The fourth-order valence-corrected chi connectivity index (χ4v) is 14.3. The molecule has 3 saturated carbocycles. The van der Waals surface area contributed by atoms with Gasteiger partial charge in [0.25, 0.3) is 0 Å². The Labute approximate surface area is 443 Å². The third-order valence-electron chi connectivity index (χ3n) is 19.0. The van der Waals surface area contributed by atoms with Crippen LogP contribution in [-0.4, -0.2) is 227 Å².